The number of carbonyl (C=O) groups is 1. The molecule has 53 heavy (non-hydrogen) atoms. The summed E-state index contributed by atoms with van der Waals surface area (Å²) in [6.45, 7) is 1.97. The molecule has 6 rings (SSSR count). The van der Waals surface area contributed by atoms with Crippen molar-refractivity contribution in [3.63, 3.8) is 0 Å². The lowest BCUT2D eigenvalue weighted by molar-refractivity contribution is 0.100. The number of aryl methyl sites for hydroxylation is 1. The highest BCUT2D eigenvalue weighted by Crippen LogP contribution is 2.42. The van der Waals surface area contributed by atoms with Gasteiger partial charge in [0.2, 0.25) is 5.91 Å². The van der Waals surface area contributed by atoms with E-state index in [2.05, 4.69) is 5.16 Å². The average Bonchev–Trinajstić information content (AvgIpc) is 3.16. The van der Waals surface area contributed by atoms with Crippen LogP contribution in [0.25, 0.3) is 44.5 Å². The normalized spacial score (nSPS) is 11.1. The van der Waals surface area contributed by atoms with Gasteiger partial charge in [0.05, 0.1) is 7.11 Å². The third-order valence-corrected chi connectivity index (χ3v) is 8.66. The molecular formula is C42H36ClF2N3O5. The molecule has 11 heteroatoms. The Bertz CT molecular complexity index is 2280. The van der Waals surface area contributed by atoms with Crippen LogP contribution >= 0.6 is 11.6 Å². The fourth-order valence-corrected chi connectivity index (χ4v) is 6.28. The van der Waals surface area contributed by atoms with E-state index in [1.165, 1.54) is 55.6 Å². The Balaban J connectivity index is 0.000000204. The van der Waals surface area contributed by atoms with Gasteiger partial charge in [0.1, 0.15) is 28.9 Å². The molecule has 0 aliphatic carbocycles. The summed E-state index contributed by atoms with van der Waals surface area (Å²) >= 11 is 6.18. The first-order valence-corrected chi connectivity index (χ1v) is 16.8. The number of ether oxygens (including phenoxy) is 1. The minimum Gasteiger partial charge on any atom is -0.508 e. The van der Waals surface area contributed by atoms with Crippen molar-refractivity contribution in [2.75, 3.05) is 7.11 Å². The van der Waals surface area contributed by atoms with Crippen LogP contribution in [0.2, 0.25) is 5.02 Å². The molecule has 0 heterocycles. The highest BCUT2D eigenvalue weighted by atomic mass is 35.5. The van der Waals surface area contributed by atoms with Gasteiger partial charge in [-0.3, -0.25) is 4.79 Å². The maximum atomic E-state index is 15.5. The fourth-order valence-electron chi connectivity index (χ4n) is 6.06. The van der Waals surface area contributed by atoms with Crippen molar-refractivity contribution in [2.45, 2.75) is 19.8 Å². The molecule has 0 aromatic heterocycles. The maximum Gasteiger partial charge on any atom is 0.249 e. The van der Waals surface area contributed by atoms with E-state index >= 15 is 4.39 Å². The largest absolute Gasteiger partial charge is 0.508 e. The number of nitrogens with two attached hydrogens (primary N) is 2. The van der Waals surface area contributed by atoms with Gasteiger partial charge in [0, 0.05) is 38.4 Å². The zero-order valence-electron chi connectivity index (χ0n) is 28.8. The predicted octanol–water partition coefficient (Wildman–Crippen LogP) is 9.54. The molecule has 6 aromatic carbocycles. The van der Waals surface area contributed by atoms with Gasteiger partial charge in [-0.2, -0.15) is 0 Å². The van der Waals surface area contributed by atoms with E-state index in [0.29, 0.717) is 67.3 Å². The second-order valence-corrected chi connectivity index (χ2v) is 12.4. The number of oxime groups is 1. The molecule has 270 valence electrons. The molecule has 8 nitrogen and oxygen atoms in total. The number of aromatic hydroxyl groups is 2. The standard InChI is InChI=1S/C22H21FN2O2.C20H15ClFNO3/c1-2-6-16-13-18(22(24)25-27)19(14-7-4-3-5-8-14)20(21(16)23)15-9-11-17(26)12-10-15;1-26-18-7-4-13(22)10-16(18)19-15(11-2-5-14(24)6-3-11)8-12(21)9-17(19)20(23)25/h3-5,7-13,26-27H,2,6H2,1H3,(H2,24,25);2-10,24H,1H3,(H2,23,25). The Hall–Kier alpha value is -6.39. The number of methoxy groups -OCH3 is 1. The first-order chi connectivity index (χ1) is 25.5. The van der Waals surface area contributed by atoms with Crippen LogP contribution in [0, 0.1) is 11.6 Å². The van der Waals surface area contributed by atoms with Crippen molar-refractivity contribution in [1.29, 1.82) is 0 Å². The maximum absolute atomic E-state index is 15.5. The van der Waals surface area contributed by atoms with Crippen molar-refractivity contribution < 1.29 is 33.7 Å². The van der Waals surface area contributed by atoms with Crippen LogP contribution in [0.4, 0.5) is 8.78 Å². The van der Waals surface area contributed by atoms with Gasteiger partial charge in [-0.15, -0.1) is 0 Å². The van der Waals surface area contributed by atoms with E-state index < -0.39 is 11.7 Å². The number of nitrogens with zero attached hydrogens (tertiary/aromatic N) is 1. The summed E-state index contributed by atoms with van der Waals surface area (Å²) < 4.78 is 34.8. The van der Waals surface area contributed by atoms with E-state index in [4.69, 9.17) is 27.8 Å². The van der Waals surface area contributed by atoms with Gasteiger partial charge in [-0.25, -0.2) is 8.78 Å². The number of benzene rings is 6. The summed E-state index contributed by atoms with van der Waals surface area (Å²) in [6, 6.07) is 30.7. The molecule has 6 aromatic rings. The molecule has 7 N–H and O–H groups in total. The number of rotatable bonds is 9. The van der Waals surface area contributed by atoms with Crippen LogP contribution in [0.5, 0.6) is 17.2 Å². The lowest BCUT2D eigenvalue weighted by atomic mass is 9.86. The summed E-state index contributed by atoms with van der Waals surface area (Å²) in [6.07, 6.45) is 1.28. The van der Waals surface area contributed by atoms with E-state index in [1.807, 2.05) is 37.3 Å². The third-order valence-electron chi connectivity index (χ3n) is 8.44. The topological polar surface area (TPSA) is 151 Å². The number of phenols is 2. The first-order valence-electron chi connectivity index (χ1n) is 16.4. The number of hydrogen-bond donors (Lipinski definition) is 5. The van der Waals surface area contributed by atoms with E-state index in [9.17, 15) is 24.6 Å². The molecule has 0 aliphatic rings. The van der Waals surface area contributed by atoms with Gasteiger partial charge >= 0.3 is 0 Å². The van der Waals surface area contributed by atoms with Crippen molar-refractivity contribution in [3.05, 3.63) is 149 Å². The second-order valence-electron chi connectivity index (χ2n) is 11.9. The fraction of sp³-hybridized carbons (Fsp3) is 0.0952. The monoisotopic (exact) mass is 735 g/mol. The molecule has 0 saturated carbocycles. The number of hydrogen-bond acceptors (Lipinski definition) is 6. The zero-order chi connectivity index (χ0) is 38.2. The zero-order valence-corrected chi connectivity index (χ0v) is 29.5. The van der Waals surface area contributed by atoms with Crippen LogP contribution in [-0.2, 0) is 6.42 Å². The summed E-state index contributed by atoms with van der Waals surface area (Å²) in [4.78, 5) is 12.1. The van der Waals surface area contributed by atoms with Crippen LogP contribution in [0.3, 0.4) is 0 Å². The number of amidine groups is 1. The number of phenolic OH excluding ortho intramolecular Hbond substituents is 2. The Labute approximate surface area is 310 Å². The Morgan fingerprint density at radius 2 is 1.34 bits per heavy atom. The SMILES string of the molecule is CCCc1cc(C(N)=NO)c(-c2ccccc2)c(-c2ccc(O)cc2)c1F.COc1ccc(F)cc1-c1c(C(N)=O)cc(Cl)cc1-c1ccc(O)cc1. The lowest BCUT2D eigenvalue weighted by Gasteiger charge is -2.19. The van der Waals surface area contributed by atoms with Crippen LogP contribution in [0.1, 0.15) is 34.8 Å². The van der Waals surface area contributed by atoms with Gasteiger partial charge in [0.15, 0.2) is 5.84 Å². The Morgan fingerprint density at radius 3 is 1.91 bits per heavy atom. The van der Waals surface area contributed by atoms with E-state index in [1.54, 1.807) is 36.4 Å². The third kappa shape index (κ3) is 8.40. The summed E-state index contributed by atoms with van der Waals surface area (Å²) in [7, 11) is 1.46. The van der Waals surface area contributed by atoms with Crippen molar-refractivity contribution in [1.82, 2.24) is 0 Å². The quantitative estimate of drug-likeness (QED) is 0.0432. The van der Waals surface area contributed by atoms with Gasteiger partial charge < -0.3 is 31.6 Å². The first kappa shape index (κ1) is 37.9. The molecular weight excluding hydrogens is 700 g/mol. The predicted molar refractivity (Wildman–Crippen MR) is 204 cm³/mol. The van der Waals surface area contributed by atoms with Gasteiger partial charge in [-0.05, 0) is 94.9 Å². The highest BCUT2D eigenvalue weighted by molar-refractivity contribution is 6.31. The molecule has 0 spiro atoms. The van der Waals surface area contributed by atoms with E-state index in [0.717, 1.165) is 12.0 Å². The van der Waals surface area contributed by atoms with Gasteiger partial charge in [0.25, 0.3) is 0 Å². The number of halogens is 3. The van der Waals surface area contributed by atoms with Crippen molar-refractivity contribution in [2.24, 2.45) is 16.6 Å². The Morgan fingerprint density at radius 1 is 0.736 bits per heavy atom. The molecule has 1 amide bonds. The molecule has 0 bridgehead atoms. The second kappa shape index (κ2) is 16.8. The van der Waals surface area contributed by atoms with Crippen LogP contribution in [-0.4, -0.2) is 34.3 Å². The summed E-state index contributed by atoms with van der Waals surface area (Å²) in [5.74, 6) is -1.02. The van der Waals surface area contributed by atoms with Crippen LogP contribution < -0.4 is 16.2 Å². The van der Waals surface area contributed by atoms with Crippen molar-refractivity contribution >= 4 is 23.3 Å². The molecule has 0 fully saturated rings. The number of primary amides is 1. The van der Waals surface area contributed by atoms with Crippen molar-refractivity contribution in [3.8, 4) is 61.8 Å². The smallest absolute Gasteiger partial charge is 0.249 e. The average molecular weight is 736 g/mol. The Kier molecular flexibility index (Phi) is 12.0. The van der Waals surface area contributed by atoms with Crippen LogP contribution in [0.15, 0.2) is 120 Å². The number of amides is 1. The van der Waals surface area contributed by atoms with E-state index in [-0.39, 0.29) is 28.7 Å². The number of carbonyl (C=O) groups excluding carboxylic acids is 1. The molecule has 0 radical (unpaired) electrons. The van der Waals surface area contributed by atoms with Gasteiger partial charge in [-0.1, -0.05) is 84.7 Å². The molecule has 0 aliphatic heterocycles. The molecule has 0 saturated heterocycles. The summed E-state index contributed by atoms with van der Waals surface area (Å²) in [5, 5.41) is 31.9. The summed E-state index contributed by atoms with van der Waals surface area (Å²) in [5.41, 5.74) is 16.9. The minimum atomic E-state index is -0.700. The minimum absolute atomic E-state index is 0.0776. The lowest BCUT2D eigenvalue weighted by Crippen LogP contribution is -2.16. The molecule has 0 atom stereocenters. The highest BCUT2D eigenvalue weighted by Gasteiger charge is 2.23. The molecule has 0 unspecified atom stereocenters.